The first kappa shape index (κ1) is 16.5. The van der Waals surface area contributed by atoms with E-state index in [0.29, 0.717) is 26.1 Å². The van der Waals surface area contributed by atoms with Gasteiger partial charge in [-0.15, -0.1) is 0 Å². The highest BCUT2D eigenvalue weighted by Crippen LogP contribution is 2.31. The number of hydrogen-bond acceptors (Lipinski definition) is 2. The van der Waals surface area contributed by atoms with Crippen molar-refractivity contribution < 1.29 is 9.59 Å². The molecule has 1 aliphatic heterocycles. The fraction of sp³-hybridized carbons (Fsp3) is 0.556. The smallest absolute Gasteiger partial charge is 0.226 e. The first-order chi connectivity index (χ1) is 10.4. The van der Waals surface area contributed by atoms with Crippen LogP contribution in [0.2, 0.25) is 0 Å². The van der Waals surface area contributed by atoms with Crippen molar-refractivity contribution in [2.24, 2.45) is 5.41 Å². The van der Waals surface area contributed by atoms with Gasteiger partial charge < -0.3 is 10.2 Å². The minimum absolute atomic E-state index is 0.0941. The van der Waals surface area contributed by atoms with Gasteiger partial charge >= 0.3 is 0 Å². The number of nitrogens with zero attached hydrogens (tertiary/aromatic N) is 1. The molecule has 2 rings (SSSR count). The Bertz CT molecular complexity index is 529. The van der Waals surface area contributed by atoms with Gasteiger partial charge in [0.2, 0.25) is 11.8 Å². The highest BCUT2D eigenvalue weighted by Gasteiger charge is 2.37. The van der Waals surface area contributed by atoms with E-state index in [0.717, 1.165) is 18.4 Å². The lowest BCUT2D eigenvalue weighted by Gasteiger charge is -2.38. The monoisotopic (exact) mass is 302 g/mol. The van der Waals surface area contributed by atoms with Crippen molar-refractivity contribution in [3.63, 3.8) is 0 Å². The third kappa shape index (κ3) is 3.87. The molecule has 4 heteroatoms. The minimum atomic E-state index is -0.366. The molecule has 0 bridgehead atoms. The third-order valence-electron chi connectivity index (χ3n) is 4.64. The maximum absolute atomic E-state index is 12.5. The molecule has 1 aromatic carbocycles. The number of benzene rings is 1. The van der Waals surface area contributed by atoms with E-state index < -0.39 is 0 Å². The molecule has 0 spiro atoms. The summed E-state index contributed by atoms with van der Waals surface area (Å²) in [6.45, 7) is 7.86. The third-order valence-corrected chi connectivity index (χ3v) is 4.64. The number of hydrogen-bond donors (Lipinski definition) is 1. The van der Waals surface area contributed by atoms with Crippen LogP contribution < -0.4 is 5.32 Å². The fourth-order valence-electron chi connectivity index (χ4n) is 2.80. The Hall–Kier alpha value is -1.84. The second kappa shape index (κ2) is 6.95. The van der Waals surface area contributed by atoms with E-state index in [9.17, 15) is 9.59 Å². The van der Waals surface area contributed by atoms with E-state index in [4.69, 9.17) is 0 Å². The van der Waals surface area contributed by atoms with Gasteiger partial charge in [-0.25, -0.2) is 0 Å². The molecular weight excluding hydrogens is 276 g/mol. The van der Waals surface area contributed by atoms with Gasteiger partial charge in [0.25, 0.3) is 0 Å². The molecule has 2 amide bonds. The normalized spacial score (nSPS) is 17.1. The molecule has 1 fully saturated rings. The number of piperidine rings is 1. The van der Waals surface area contributed by atoms with Gasteiger partial charge in [-0.3, -0.25) is 9.59 Å². The zero-order valence-electron chi connectivity index (χ0n) is 13.8. The Balaban J connectivity index is 1.87. The summed E-state index contributed by atoms with van der Waals surface area (Å²) >= 11 is 0. The molecule has 0 unspecified atom stereocenters. The predicted molar refractivity (Wildman–Crippen MR) is 87.2 cm³/mol. The molecule has 1 saturated heterocycles. The minimum Gasteiger partial charge on any atom is -0.352 e. The van der Waals surface area contributed by atoms with E-state index in [-0.39, 0.29) is 17.2 Å². The van der Waals surface area contributed by atoms with Crippen LogP contribution in [0.15, 0.2) is 24.3 Å². The molecule has 0 aromatic heterocycles. The van der Waals surface area contributed by atoms with Crippen LogP contribution in [0.25, 0.3) is 0 Å². The van der Waals surface area contributed by atoms with Gasteiger partial charge in [-0.05, 0) is 25.3 Å². The van der Waals surface area contributed by atoms with Crippen LogP contribution in [0.4, 0.5) is 0 Å². The van der Waals surface area contributed by atoms with Gasteiger partial charge in [0, 0.05) is 31.5 Å². The van der Waals surface area contributed by atoms with E-state index in [2.05, 4.69) is 24.4 Å². The van der Waals surface area contributed by atoms with Crippen molar-refractivity contribution in [2.75, 3.05) is 13.1 Å². The molecule has 0 saturated carbocycles. The number of carbonyl (C=O) groups excluding carboxylic acids is 2. The molecule has 1 aromatic rings. The number of rotatable bonds is 4. The Morgan fingerprint density at radius 1 is 1.18 bits per heavy atom. The van der Waals surface area contributed by atoms with Gasteiger partial charge in [0.1, 0.15) is 0 Å². The van der Waals surface area contributed by atoms with E-state index >= 15 is 0 Å². The number of nitrogens with one attached hydrogen (secondary N) is 1. The van der Waals surface area contributed by atoms with Gasteiger partial charge in [-0.2, -0.15) is 0 Å². The topological polar surface area (TPSA) is 49.4 Å². The standard InChI is InChI=1S/C18H26N2O2/c1-4-16(21)20-11-9-18(3,10-12-20)17(22)19-13-15-7-5-14(2)6-8-15/h5-8H,4,9-13H2,1-3H3,(H,19,22). The second-order valence-electron chi connectivity index (χ2n) is 6.46. The van der Waals surface area contributed by atoms with Crippen LogP contribution in [-0.4, -0.2) is 29.8 Å². The summed E-state index contributed by atoms with van der Waals surface area (Å²) < 4.78 is 0. The van der Waals surface area contributed by atoms with E-state index in [1.807, 2.05) is 30.9 Å². The molecule has 0 aliphatic carbocycles. The molecule has 1 aliphatic rings. The lowest BCUT2D eigenvalue weighted by molar-refractivity contribution is -0.139. The number of aryl methyl sites for hydroxylation is 1. The second-order valence-corrected chi connectivity index (χ2v) is 6.46. The highest BCUT2D eigenvalue weighted by atomic mass is 16.2. The lowest BCUT2D eigenvalue weighted by atomic mass is 9.79. The van der Waals surface area contributed by atoms with E-state index in [1.54, 1.807) is 0 Å². The lowest BCUT2D eigenvalue weighted by Crippen LogP contribution is -2.48. The molecule has 4 nitrogen and oxygen atoms in total. The summed E-state index contributed by atoms with van der Waals surface area (Å²) in [4.78, 5) is 26.1. The maximum atomic E-state index is 12.5. The van der Waals surface area contributed by atoms with Crippen LogP contribution in [0, 0.1) is 12.3 Å². The van der Waals surface area contributed by atoms with Crippen molar-refractivity contribution in [3.05, 3.63) is 35.4 Å². The summed E-state index contributed by atoms with van der Waals surface area (Å²) in [6, 6.07) is 8.19. The van der Waals surface area contributed by atoms with Crippen LogP contribution in [0.1, 0.15) is 44.2 Å². The SMILES string of the molecule is CCC(=O)N1CCC(C)(C(=O)NCc2ccc(C)cc2)CC1. The molecular formula is C18H26N2O2. The number of carbonyl (C=O) groups is 2. The molecule has 22 heavy (non-hydrogen) atoms. The van der Waals surface area contributed by atoms with Crippen molar-refractivity contribution in [1.82, 2.24) is 10.2 Å². The van der Waals surface area contributed by atoms with Crippen molar-refractivity contribution in [1.29, 1.82) is 0 Å². The fourth-order valence-corrected chi connectivity index (χ4v) is 2.80. The highest BCUT2D eigenvalue weighted by molar-refractivity contribution is 5.83. The Kier molecular flexibility index (Phi) is 5.22. The maximum Gasteiger partial charge on any atom is 0.226 e. The summed E-state index contributed by atoms with van der Waals surface area (Å²) in [5.74, 6) is 0.277. The predicted octanol–water partition coefficient (Wildman–Crippen LogP) is 2.65. The van der Waals surface area contributed by atoms with E-state index in [1.165, 1.54) is 5.56 Å². The van der Waals surface area contributed by atoms with Crippen molar-refractivity contribution >= 4 is 11.8 Å². The van der Waals surface area contributed by atoms with Crippen molar-refractivity contribution in [2.45, 2.75) is 46.6 Å². The van der Waals surface area contributed by atoms with Crippen LogP contribution in [0.5, 0.6) is 0 Å². The average molecular weight is 302 g/mol. The first-order valence-electron chi connectivity index (χ1n) is 8.06. The zero-order chi connectivity index (χ0) is 16.2. The zero-order valence-corrected chi connectivity index (χ0v) is 13.8. The summed E-state index contributed by atoms with van der Waals surface area (Å²) in [7, 11) is 0. The van der Waals surface area contributed by atoms with Crippen LogP contribution in [0.3, 0.4) is 0 Å². The number of amides is 2. The van der Waals surface area contributed by atoms with Gasteiger partial charge in [0.05, 0.1) is 0 Å². The summed E-state index contributed by atoms with van der Waals surface area (Å²) in [6.07, 6.45) is 2.01. The average Bonchev–Trinajstić information content (AvgIpc) is 2.54. The van der Waals surface area contributed by atoms with Gasteiger partial charge in [0.15, 0.2) is 0 Å². The molecule has 0 radical (unpaired) electrons. The van der Waals surface area contributed by atoms with Gasteiger partial charge in [-0.1, -0.05) is 43.7 Å². The molecule has 1 heterocycles. The Morgan fingerprint density at radius 3 is 2.32 bits per heavy atom. The quantitative estimate of drug-likeness (QED) is 0.929. The Labute approximate surface area is 132 Å². The summed E-state index contributed by atoms with van der Waals surface area (Å²) in [5, 5.41) is 3.04. The Morgan fingerprint density at radius 2 is 1.77 bits per heavy atom. The molecule has 0 atom stereocenters. The van der Waals surface area contributed by atoms with Crippen molar-refractivity contribution in [3.8, 4) is 0 Å². The van der Waals surface area contributed by atoms with Crippen LogP contribution in [-0.2, 0) is 16.1 Å². The first-order valence-corrected chi connectivity index (χ1v) is 8.06. The summed E-state index contributed by atoms with van der Waals surface area (Å²) in [5.41, 5.74) is 1.96. The number of likely N-dealkylation sites (tertiary alicyclic amines) is 1. The molecule has 1 N–H and O–H groups in total. The van der Waals surface area contributed by atoms with Crippen LogP contribution >= 0.6 is 0 Å². The largest absolute Gasteiger partial charge is 0.352 e. The molecule has 120 valence electrons.